The van der Waals surface area contributed by atoms with Crippen LogP contribution < -0.4 is 0 Å². The van der Waals surface area contributed by atoms with Crippen molar-refractivity contribution in [2.45, 2.75) is 46.6 Å². The van der Waals surface area contributed by atoms with E-state index in [9.17, 15) is 5.11 Å². The quantitative estimate of drug-likeness (QED) is 0.832. The molecule has 0 aromatic carbocycles. The summed E-state index contributed by atoms with van der Waals surface area (Å²) in [6, 6.07) is 2.12. The fourth-order valence-electron chi connectivity index (χ4n) is 2.12. The highest BCUT2D eigenvalue weighted by molar-refractivity contribution is 5.77. The van der Waals surface area contributed by atoms with Crippen molar-refractivity contribution in [2.24, 2.45) is 0 Å². The van der Waals surface area contributed by atoms with Crippen LogP contribution >= 0.6 is 0 Å². The molecule has 2 rings (SSSR count). The molecule has 4 nitrogen and oxygen atoms in total. The summed E-state index contributed by atoms with van der Waals surface area (Å²) in [5.74, 6) is 0. The lowest BCUT2D eigenvalue weighted by Crippen LogP contribution is -1.98. The molecule has 2 heterocycles. The van der Waals surface area contributed by atoms with Crippen molar-refractivity contribution in [2.75, 3.05) is 0 Å². The third-order valence-corrected chi connectivity index (χ3v) is 3.46. The van der Waals surface area contributed by atoms with Crippen LogP contribution in [0.2, 0.25) is 0 Å². The van der Waals surface area contributed by atoms with E-state index in [-0.39, 0.29) is 6.01 Å². The molecule has 0 unspecified atom stereocenters. The predicted octanol–water partition coefficient (Wildman–Crippen LogP) is 3.75. The first-order valence-corrected chi connectivity index (χ1v) is 6.86. The van der Waals surface area contributed by atoms with Crippen molar-refractivity contribution >= 4 is 16.7 Å². The fraction of sp³-hybridized carbons (Fsp3) is 0.467. The normalized spacial score (nSPS) is 12.3. The first-order valence-electron chi connectivity index (χ1n) is 6.86. The summed E-state index contributed by atoms with van der Waals surface area (Å²) < 4.78 is 1.85. The molecule has 0 aliphatic carbocycles. The van der Waals surface area contributed by atoms with Gasteiger partial charge in [-0.2, -0.15) is 4.98 Å². The topological polar surface area (TPSA) is 50.9 Å². The van der Waals surface area contributed by atoms with Crippen molar-refractivity contribution in [1.82, 2.24) is 14.5 Å². The zero-order valence-corrected chi connectivity index (χ0v) is 11.8. The van der Waals surface area contributed by atoms with Gasteiger partial charge in [-0.1, -0.05) is 25.8 Å². The zero-order chi connectivity index (χ0) is 13.8. The number of hydrogen-bond acceptors (Lipinski definition) is 3. The predicted molar refractivity (Wildman–Crippen MR) is 78.0 cm³/mol. The van der Waals surface area contributed by atoms with Gasteiger partial charge in [0.2, 0.25) is 0 Å². The van der Waals surface area contributed by atoms with Crippen LogP contribution in [0.4, 0.5) is 0 Å². The largest absolute Gasteiger partial charge is 0.480 e. The summed E-state index contributed by atoms with van der Waals surface area (Å²) in [5.41, 5.74) is 3.77. The highest BCUT2D eigenvalue weighted by Gasteiger charge is 2.11. The number of unbranched alkanes of at least 4 members (excludes halogenated alkanes) is 2. The first-order chi connectivity index (χ1) is 9.17. The van der Waals surface area contributed by atoms with Gasteiger partial charge in [-0.05, 0) is 37.5 Å². The summed E-state index contributed by atoms with van der Waals surface area (Å²) in [6.07, 6.45) is 7.22. The van der Waals surface area contributed by atoms with Crippen molar-refractivity contribution in [3.8, 4) is 6.01 Å². The molecule has 0 radical (unpaired) electrons. The van der Waals surface area contributed by atoms with Gasteiger partial charge in [0.05, 0.1) is 5.52 Å². The second kappa shape index (κ2) is 5.87. The maximum absolute atomic E-state index is 9.92. The van der Waals surface area contributed by atoms with Gasteiger partial charge in [0.15, 0.2) is 5.65 Å². The number of fused-ring (bicyclic) bond motifs is 1. The number of allylic oxidation sites excluding steroid dienone is 2. The Bertz CT molecular complexity index is 599. The first kappa shape index (κ1) is 13.6. The highest BCUT2D eigenvalue weighted by atomic mass is 16.3. The van der Waals surface area contributed by atoms with Crippen LogP contribution in [0, 0.1) is 0 Å². The molecule has 0 aliphatic heterocycles. The van der Waals surface area contributed by atoms with Gasteiger partial charge in [0.25, 0.3) is 6.01 Å². The average molecular weight is 259 g/mol. The SMILES string of the molecule is C/C=C(\C)c1cnc2nc(O)n(CCCCC)c2c1. The molecule has 19 heavy (non-hydrogen) atoms. The monoisotopic (exact) mass is 259 g/mol. The molecule has 0 saturated carbocycles. The summed E-state index contributed by atoms with van der Waals surface area (Å²) in [6.45, 7) is 7.02. The summed E-state index contributed by atoms with van der Waals surface area (Å²) in [4.78, 5) is 8.43. The lowest BCUT2D eigenvalue weighted by atomic mass is 10.1. The van der Waals surface area contributed by atoms with E-state index in [1.165, 1.54) is 5.57 Å². The minimum atomic E-state index is 0.0638. The lowest BCUT2D eigenvalue weighted by molar-refractivity contribution is 0.397. The van der Waals surface area contributed by atoms with E-state index in [2.05, 4.69) is 36.0 Å². The molecule has 0 atom stereocenters. The minimum absolute atomic E-state index is 0.0638. The molecule has 0 aliphatic rings. The zero-order valence-electron chi connectivity index (χ0n) is 11.8. The molecule has 0 fully saturated rings. The van der Waals surface area contributed by atoms with Crippen LogP contribution in [0.3, 0.4) is 0 Å². The Balaban J connectivity index is 2.41. The third kappa shape index (κ3) is 2.78. The van der Waals surface area contributed by atoms with Crippen LogP contribution in [0.1, 0.15) is 45.6 Å². The number of aromatic nitrogens is 3. The van der Waals surface area contributed by atoms with Crippen LogP contribution in [0.5, 0.6) is 6.01 Å². The Kier molecular flexibility index (Phi) is 4.20. The standard InChI is InChI=1S/C15H21N3O/c1-4-6-7-8-18-13-9-12(11(3)5-2)10-16-14(13)17-15(18)19/h5,9-10H,4,6-8H2,1-3H3,(H,16,17,19)/b11-5+. The van der Waals surface area contributed by atoms with Crippen molar-refractivity contribution in [3.05, 3.63) is 23.9 Å². The van der Waals surface area contributed by atoms with Gasteiger partial charge in [-0.15, -0.1) is 0 Å². The van der Waals surface area contributed by atoms with Gasteiger partial charge in [0.1, 0.15) is 0 Å². The molecule has 0 bridgehead atoms. The molecule has 2 aromatic heterocycles. The Labute approximate surface area is 113 Å². The van der Waals surface area contributed by atoms with E-state index < -0.39 is 0 Å². The minimum Gasteiger partial charge on any atom is -0.480 e. The smallest absolute Gasteiger partial charge is 0.296 e. The molecular formula is C15H21N3O. The van der Waals surface area contributed by atoms with E-state index in [0.717, 1.165) is 36.9 Å². The van der Waals surface area contributed by atoms with E-state index >= 15 is 0 Å². The van der Waals surface area contributed by atoms with Crippen LogP contribution in [-0.2, 0) is 6.54 Å². The third-order valence-electron chi connectivity index (χ3n) is 3.46. The lowest BCUT2D eigenvalue weighted by Gasteiger charge is -2.06. The second-order valence-electron chi connectivity index (χ2n) is 4.81. The molecule has 2 aromatic rings. The van der Waals surface area contributed by atoms with Gasteiger partial charge in [-0.25, -0.2) is 4.98 Å². The molecule has 102 valence electrons. The van der Waals surface area contributed by atoms with Gasteiger partial charge in [0, 0.05) is 12.7 Å². The van der Waals surface area contributed by atoms with E-state index in [4.69, 9.17) is 0 Å². The Morgan fingerprint density at radius 1 is 1.42 bits per heavy atom. The van der Waals surface area contributed by atoms with Crippen LogP contribution in [0.15, 0.2) is 18.3 Å². The summed E-state index contributed by atoms with van der Waals surface area (Å²) in [5, 5.41) is 9.92. The van der Waals surface area contributed by atoms with E-state index in [1.54, 1.807) is 6.20 Å². The van der Waals surface area contributed by atoms with Crippen molar-refractivity contribution < 1.29 is 5.11 Å². The van der Waals surface area contributed by atoms with Gasteiger partial charge < -0.3 is 5.11 Å². The van der Waals surface area contributed by atoms with E-state index in [1.807, 2.05) is 11.5 Å². The molecule has 1 N–H and O–H groups in total. The number of imidazole rings is 1. The van der Waals surface area contributed by atoms with Gasteiger partial charge >= 0.3 is 0 Å². The van der Waals surface area contributed by atoms with E-state index in [0.29, 0.717) is 5.65 Å². The Morgan fingerprint density at radius 3 is 2.89 bits per heavy atom. The maximum atomic E-state index is 9.92. The summed E-state index contributed by atoms with van der Waals surface area (Å²) in [7, 11) is 0. The number of aryl methyl sites for hydroxylation is 1. The number of aromatic hydroxyl groups is 1. The van der Waals surface area contributed by atoms with Gasteiger partial charge in [-0.3, -0.25) is 4.57 Å². The van der Waals surface area contributed by atoms with Crippen molar-refractivity contribution in [3.63, 3.8) is 0 Å². The molecule has 0 spiro atoms. The Morgan fingerprint density at radius 2 is 2.21 bits per heavy atom. The van der Waals surface area contributed by atoms with Crippen LogP contribution in [-0.4, -0.2) is 19.6 Å². The number of pyridine rings is 1. The Hall–Kier alpha value is -1.84. The molecule has 0 amide bonds. The fourth-order valence-corrected chi connectivity index (χ4v) is 2.12. The average Bonchev–Trinajstić information content (AvgIpc) is 2.73. The summed E-state index contributed by atoms with van der Waals surface area (Å²) >= 11 is 0. The number of rotatable bonds is 5. The number of nitrogens with zero attached hydrogens (tertiary/aromatic N) is 3. The maximum Gasteiger partial charge on any atom is 0.296 e. The molecule has 0 saturated heterocycles. The van der Waals surface area contributed by atoms with Crippen molar-refractivity contribution in [1.29, 1.82) is 0 Å². The second-order valence-corrected chi connectivity index (χ2v) is 4.81. The highest BCUT2D eigenvalue weighted by Crippen LogP contribution is 2.23. The molecular weight excluding hydrogens is 238 g/mol. The number of hydrogen-bond donors (Lipinski definition) is 1. The molecule has 4 heteroatoms. The van der Waals surface area contributed by atoms with Crippen LogP contribution in [0.25, 0.3) is 16.7 Å².